The molecule has 21 heavy (non-hydrogen) atoms. The number of halogens is 2. The molecule has 0 saturated heterocycles. The van der Waals surface area contributed by atoms with Crippen LogP contribution in [-0.4, -0.2) is 8.42 Å². The fourth-order valence-corrected chi connectivity index (χ4v) is 3.18. The van der Waals surface area contributed by atoms with Crippen LogP contribution in [-0.2, 0) is 10.0 Å². The average molecular weight is 390 g/mol. The second-order valence-electron chi connectivity index (χ2n) is 4.60. The van der Waals surface area contributed by atoms with Crippen molar-refractivity contribution in [2.75, 3.05) is 5.32 Å². The number of benzene rings is 2. The second kappa shape index (κ2) is 6.36. The van der Waals surface area contributed by atoms with Gasteiger partial charge in [-0.25, -0.2) is 13.6 Å². The quantitative estimate of drug-likeness (QED) is 0.832. The number of hydrogen-bond donors (Lipinski definition) is 2. The van der Waals surface area contributed by atoms with Crippen molar-refractivity contribution < 1.29 is 8.42 Å². The zero-order valence-corrected chi connectivity index (χ0v) is 14.3. The van der Waals surface area contributed by atoms with E-state index in [4.69, 9.17) is 16.7 Å². The van der Waals surface area contributed by atoms with Crippen molar-refractivity contribution >= 4 is 43.2 Å². The summed E-state index contributed by atoms with van der Waals surface area (Å²) in [6.45, 7) is 1.98. The number of anilines is 1. The molecule has 7 heteroatoms. The first-order chi connectivity index (χ1) is 9.77. The molecular formula is C14H14BrClN2O2S. The van der Waals surface area contributed by atoms with Crippen LogP contribution in [0.15, 0.2) is 51.8 Å². The van der Waals surface area contributed by atoms with Gasteiger partial charge in [0, 0.05) is 21.2 Å². The van der Waals surface area contributed by atoms with Crippen LogP contribution in [0.1, 0.15) is 18.5 Å². The molecule has 0 bridgehead atoms. The topological polar surface area (TPSA) is 72.2 Å². The van der Waals surface area contributed by atoms with Gasteiger partial charge in [-0.3, -0.25) is 0 Å². The summed E-state index contributed by atoms with van der Waals surface area (Å²) in [7, 11) is -3.66. The van der Waals surface area contributed by atoms with Crippen LogP contribution < -0.4 is 10.5 Å². The van der Waals surface area contributed by atoms with Gasteiger partial charge in [-0.1, -0.05) is 23.7 Å². The molecule has 2 aromatic carbocycles. The average Bonchev–Trinajstić information content (AvgIpc) is 2.41. The molecule has 4 nitrogen and oxygen atoms in total. The first-order valence-corrected chi connectivity index (χ1v) is 8.83. The third kappa shape index (κ3) is 4.20. The molecule has 0 aliphatic heterocycles. The summed E-state index contributed by atoms with van der Waals surface area (Å²) in [5, 5.41) is 9.05. The first-order valence-electron chi connectivity index (χ1n) is 6.12. The van der Waals surface area contributed by atoms with Crippen LogP contribution in [0.2, 0.25) is 5.02 Å². The summed E-state index contributed by atoms with van der Waals surface area (Å²) in [5.74, 6) is 0. The summed E-state index contributed by atoms with van der Waals surface area (Å²) < 4.78 is 23.3. The maximum atomic E-state index is 11.2. The minimum absolute atomic E-state index is 0.00277. The van der Waals surface area contributed by atoms with E-state index in [1.54, 1.807) is 24.3 Å². The highest BCUT2D eigenvalue weighted by molar-refractivity contribution is 9.10. The van der Waals surface area contributed by atoms with E-state index in [0.29, 0.717) is 5.02 Å². The summed E-state index contributed by atoms with van der Waals surface area (Å²) >= 11 is 9.35. The van der Waals surface area contributed by atoms with E-state index in [9.17, 15) is 8.42 Å². The van der Waals surface area contributed by atoms with Gasteiger partial charge in [0.2, 0.25) is 10.0 Å². The Labute approximate surface area is 137 Å². The molecule has 0 heterocycles. The lowest BCUT2D eigenvalue weighted by Crippen LogP contribution is -2.12. The molecule has 0 saturated carbocycles. The van der Waals surface area contributed by atoms with E-state index in [1.807, 2.05) is 13.0 Å². The minimum Gasteiger partial charge on any atom is -0.378 e. The molecule has 0 spiro atoms. The lowest BCUT2D eigenvalue weighted by Gasteiger charge is -2.17. The van der Waals surface area contributed by atoms with Crippen LogP contribution in [0.5, 0.6) is 0 Å². The van der Waals surface area contributed by atoms with Gasteiger partial charge >= 0.3 is 0 Å². The maximum absolute atomic E-state index is 11.2. The fourth-order valence-electron chi connectivity index (χ4n) is 1.87. The van der Waals surface area contributed by atoms with Gasteiger partial charge < -0.3 is 5.32 Å². The SMILES string of the molecule is CC(Nc1ccc(Cl)cc1Br)c1ccc(S(N)(=O)=O)cc1. The number of sulfonamides is 1. The van der Waals surface area contributed by atoms with Gasteiger partial charge in [0.25, 0.3) is 0 Å². The zero-order chi connectivity index (χ0) is 15.6. The number of rotatable bonds is 4. The lowest BCUT2D eigenvalue weighted by molar-refractivity contribution is 0.597. The Morgan fingerprint density at radius 2 is 1.81 bits per heavy atom. The van der Waals surface area contributed by atoms with E-state index >= 15 is 0 Å². The summed E-state index contributed by atoms with van der Waals surface area (Å²) in [4.78, 5) is 0.103. The molecule has 0 radical (unpaired) electrons. The molecule has 1 unspecified atom stereocenters. The molecule has 0 aliphatic rings. The van der Waals surface area contributed by atoms with Crippen LogP contribution in [0.3, 0.4) is 0 Å². The summed E-state index contributed by atoms with van der Waals surface area (Å²) in [6.07, 6.45) is 0. The van der Waals surface area contributed by atoms with Gasteiger partial charge in [0.05, 0.1) is 4.90 Å². The third-order valence-corrected chi connectivity index (χ3v) is 4.83. The molecule has 0 aromatic heterocycles. The Morgan fingerprint density at radius 3 is 2.33 bits per heavy atom. The van der Waals surface area contributed by atoms with Crippen molar-refractivity contribution in [2.45, 2.75) is 17.9 Å². The molecule has 2 aromatic rings. The zero-order valence-electron chi connectivity index (χ0n) is 11.2. The molecule has 3 N–H and O–H groups in total. The predicted molar refractivity (Wildman–Crippen MR) is 89.0 cm³/mol. The van der Waals surface area contributed by atoms with Crippen molar-refractivity contribution in [1.82, 2.24) is 0 Å². The fraction of sp³-hybridized carbons (Fsp3) is 0.143. The molecule has 0 amide bonds. The normalized spacial score (nSPS) is 13.0. The van der Waals surface area contributed by atoms with E-state index in [1.165, 1.54) is 12.1 Å². The standard InChI is InChI=1S/C14H14BrClN2O2S/c1-9(18-14-7-4-11(16)8-13(14)15)10-2-5-12(6-3-10)21(17,19)20/h2-9,18H,1H3,(H2,17,19,20). The summed E-state index contributed by atoms with van der Waals surface area (Å²) in [6, 6.07) is 12.0. The Balaban J connectivity index is 2.18. The smallest absolute Gasteiger partial charge is 0.238 e. The van der Waals surface area contributed by atoms with Gasteiger partial charge in [-0.05, 0) is 58.7 Å². The molecule has 0 aliphatic carbocycles. The van der Waals surface area contributed by atoms with Crippen molar-refractivity contribution in [3.63, 3.8) is 0 Å². The highest BCUT2D eigenvalue weighted by atomic mass is 79.9. The Kier molecular flexibility index (Phi) is 4.93. The summed E-state index contributed by atoms with van der Waals surface area (Å²) in [5.41, 5.74) is 1.85. The number of nitrogens with two attached hydrogens (primary N) is 1. The van der Waals surface area contributed by atoms with Crippen LogP contribution >= 0.6 is 27.5 Å². The molecule has 2 rings (SSSR count). The number of primary sulfonamides is 1. The van der Waals surface area contributed by atoms with E-state index < -0.39 is 10.0 Å². The van der Waals surface area contributed by atoms with Crippen LogP contribution in [0, 0.1) is 0 Å². The van der Waals surface area contributed by atoms with E-state index in [0.717, 1.165) is 15.7 Å². The third-order valence-electron chi connectivity index (χ3n) is 3.01. The number of hydrogen-bond acceptors (Lipinski definition) is 3. The van der Waals surface area contributed by atoms with Crippen molar-refractivity contribution in [3.05, 3.63) is 57.5 Å². The molecule has 112 valence electrons. The molecular weight excluding hydrogens is 376 g/mol. The van der Waals surface area contributed by atoms with Gasteiger partial charge in [-0.2, -0.15) is 0 Å². The van der Waals surface area contributed by atoms with Crippen molar-refractivity contribution in [1.29, 1.82) is 0 Å². The second-order valence-corrected chi connectivity index (χ2v) is 7.46. The first kappa shape index (κ1) is 16.3. The highest BCUT2D eigenvalue weighted by Crippen LogP contribution is 2.29. The van der Waals surface area contributed by atoms with Gasteiger partial charge in [0.1, 0.15) is 0 Å². The lowest BCUT2D eigenvalue weighted by atomic mass is 10.1. The largest absolute Gasteiger partial charge is 0.378 e. The van der Waals surface area contributed by atoms with Gasteiger partial charge in [-0.15, -0.1) is 0 Å². The number of nitrogens with one attached hydrogen (secondary N) is 1. The monoisotopic (exact) mass is 388 g/mol. The van der Waals surface area contributed by atoms with Crippen molar-refractivity contribution in [2.24, 2.45) is 5.14 Å². The maximum Gasteiger partial charge on any atom is 0.238 e. The molecule has 1 atom stereocenters. The van der Waals surface area contributed by atoms with Crippen LogP contribution in [0.4, 0.5) is 5.69 Å². The highest BCUT2D eigenvalue weighted by Gasteiger charge is 2.11. The molecule has 0 fully saturated rings. The Bertz CT molecular complexity index is 748. The van der Waals surface area contributed by atoms with E-state index in [-0.39, 0.29) is 10.9 Å². The van der Waals surface area contributed by atoms with Gasteiger partial charge in [0.15, 0.2) is 0 Å². The van der Waals surface area contributed by atoms with Crippen molar-refractivity contribution in [3.8, 4) is 0 Å². The Hall–Kier alpha value is -1.08. The minimum atomic E-state index is -3.66. The van der Waals surface area contributed by atoms with Crippen LogP contribution in [0.25, 0.3) is 0 Å². The Morgan fingerprint density at radius 1 is 1.19 bits per heavy atom. The van der Waals surface area contributed by atoms with E-state index in [2.05, 4.69) is 21.2 Å². The predicted octanol–water partition coefficient (Wildman–Crippen LogP) is 3.92.